The highest BCUT2D eigenvalue weighted by Crippen LogP contribution is 2.05. The molecule has 0 bridgehead atoms. The van der Waals surface area contributed by atoms with Crippen LogP contribution < -0.4 is 5.73 Å². The zero-order valence-electron chi connectivity index (χ0n) is 11.5. The van der Waals surface area contributed by atoms with E-state index in [9.17, 15) is 4.79 Å². The van der Waals surface area contributed by atoms with E-state index in [2.05, 4.69) is 18.8 Å². The van der Waals surface area contributed by atoms with Crippen molar-refractivity contribution in [2.75, 3.05) is 13.6 Å². The van der Waals surface area contributed by atoms with Gasteiger partial charge in [0.15, 0.2) is 0 Å². The molecule has 0 saturated carbocycles. The van der Waals surface area contributed by atoms with Crippen molar-refractivity contribution < 1.29 is 4.79 Å². The van der Waals surface area contributed by atoms with Gasteiger partial charge in [0.1, 0.15) is 0 Å². The minimum Gasteiger partial charge on any atom is -0.344 e. The van der Waals surface area contributed by atoms with Gasteiger partial charge in [-0.3, -0.25) is 9.78 Å². The Morgan fingerprint density at radius 2 is 2.17 bits per heavy atom. The molecule has 1 heterocycles. The van der Waals surface area contributed by atoms with Crippen molar-refractivity contribution in [2.45, 2.75) is 32.7 Å². The summed E-state index contributed by atoms with van der Waals surface area (Å²) in [5.41, 5.74) is 6.88. The van der Waals surface area contributed by atoms with Gasteiger partial charge in [-0.05, 0) is 24.5 Å². The van der Waals surface area contributed by atoms with Gasteiger partial charge in [0, 0.05) is 31.9 Å². The minimum absolute atomic E-state index is 0.0135. The predicted octanol–water partition coefficient (Wildman–Crippen LogP) is 1.46. The number of nitrogens with zero attached hydrogens (tertiary/aromatic N) is 2. The van der Waals surface area contributed by atoms with Crippen LogP contribution in [0.4, 0.5) is 0 Å². The van der Waals surface area contributed by atoms with Crippen LogP contribution in [0.1, 0.15) is 26.0 Å². The molecule has 100 valence electrons. The van der Waals surface area contributed by atoms with Gasteiger partial charge in [-0.15, -0.1) is 0 Å². The molecule has 0 aromatic carbocycles. The van der Waals surface area contributed by atoms with E-state index >= 15 is 0 Å². The van der Waals surface area contributed by atoms with Gasteiger partial charge in [-0.2, -0.15) is 0 Å². The maximum atomic E-state index is 12.0. The third kappa shape index (κ3) is 4.84. The summed E-state index contributed by atoms with van der Waals surface area (Å²) >= 11 is 0. The van der Waals surface area contributed by atoms with Gasteiger partial charge in [-0.1, -0.05) is 19.9 Å². The van der Waals surface area contributed by atoms with Crippen LogP contribution in [0.5, 0.6) is 0 Å². The summed E-state index contributed by atoms with van der Waals surface area (Å²) in [4.78, 5) is 17.9. The molecular formula is C14H23N3O. The lowest BCUT2D eigenvalue weighted by atomic mass is 10.0. The average Bonchev–Trinajstić information content (AvgIpc) is 2.35. The molecule has 1 aromatic heterocycles. The van der Waals surface area contributed by atoms with Crippen molar-refractivity contribution in [3.63, 3.8) is 0 Å². The normalized spacial score (nSPS) is 12.5. The number of pyridine rings is 1. The lowest BCUT2D eigenvalue weighted by molar-refractivity contribution is -0.131. The van der Waals surface area contributed by atoms with Crippen LogP contribution in [0, 0.1) is 5.92 Å². The zero-order valence-corrected chi connectivity index (χ0v) is 11.5. The first-order chi connectivity index (χ1) is 8.50. The Morgan fingerprint density at radius 1 is 1.44 bits per heavy atom. The molecule has 0 aliphatic heterocycles. The fourth-order valence-electron chi connectivity index (χ4n) is 1.83. The SMILES string of the molecule is CC(C)CC(N)C(=O)N(C)CCc1ccccn1. The molecule has 1 amide bonds. The number of hydrogen-bond donors (Lipinski definition) is 1. The molecule has 0 aliphatic carbocycles. The number of aromatic nitrogens is 1. The first-order valence-electron chi connectivity index (χ1n) is 6.41. The number of likely N-dealkylation sites (N-methyl/N-ethyl adjacent to an activating group) is 1. The summed E-state index contributed by atoms with van der Waals surface area (Å²) in [5, 5.41) is 0. The van der Waals surface area contributed by atoms with E-state index in [0.29, 0.717) is 12.5 Å². The van der Waals surface area contributed by atoms with E-state index in [1.54, 1.807) is 18.1 Å². The van der Waals surface area contributed by atoms with Crippen molar-refractivity contribution in [2.24, 2.45) is 11.7 Å². The molecule has 1 rings (SSSR count). The highest BCUT2D eigenvalue weighted by atomic mass is 16.2. The lowest BCUT2D eigenvalue weighted by Gasteiger charge is -2.22. The summed E-state index contributed by atoms with van der Waals surface area (Å²) < 4.78 is 0. The van der Waals surface area contributed by atoms with Crippen LogP contribution >= 0.6 is 0 Å². The van der Waals surface area contributed by atoms with Gasteiger partial charge in [0.2, 0.25) is 5.91 Å². The van der Waals surface area contributed by atoms with E-state index in [0.717, 1.165) is 18.5 Å². The highest BCUT2D eigenvalue weighted by Gasteiger charge is 2.18. The molecule has 4 heteroatoms. The fourth-order valence-corrected chi connectivity index (χ4v) is 1.83. The van der Waals surface area contributed by atoms with Crippen molar-refractivity contribution in [1.82, 2.24) is 9.88 Å². The van der Waals surface area contributed by atoms with E-state index in [1.165, 1.54) is 0 Å². The quantitative estimate of drug-likeness (QED) is 0.830. The van der Waals surface area contributed by atoms with Gasteiger partial charge in [0.25, 0.3) is 0 Å². The smallest absolute Gasteiger partial charge is 0.239 e. The van der Waals surface area contributed by atoms with Crippen LogP contribution in [0.15, 0.2) is 24.4 Å². The average molecular weight is 249 g/mol. The number of nitrogens with two attached hydrogens (primary N) is 1. The molecule has 0 spiro atoms. The number of amides is 1. The van der Waals surface area contributed by atoms with Crippen LogP contribution in [0.25, 0.3) is 0 Å². The van der Waals surface area contributed by atoms with Crippen LogP contribution in [0.2, 0.25) is 0 Å². The zero-order chi connectivity index (χ0) is 13.5. The standard InChI is InChI=1S/C14H23N3O/c1-11(2)10-13(15)14(18)17(3)9-7-12-6-4-5-8-16-12/h4-6,8,11,13H,7,9-10,15H2,1-3H3. The van der Waals surface area contributed by atoms with Crippen LogP contribution in [-0.2, 0) is 11.2 Å². The summed E-state index contributed by atoms with van der Waals surface area (Å²) in [6, 6.07) is 5.41. The molecule has 1 aromatic rings. The van der Waals surface area contributed by atoms with E-state index in [4.69, 9.17) is 5.73 Å². The van der Waals surface area contributed by atoms with Gasteiger partial charge in [-0.25, -0.2) is 0 Å². The predicted molar refractivity (Wildman–Crippen MR) is 73.0 cm³/mol. The van der Waals surface area contributed by atoms with Crippen molar-refractivity contribution in [3.05, 3.63) is 30.1 Å². The number of carbonyl (C=O) groups excluding carboxylic acids is 1. The molecule has 0 radical (unpaired) electrons. The molecule has 4 nitrogen and oxygen atoms in total. The summed E-state index contributed by atoms with van der Waals surface area (Å²) in [7, 11) is 1.80. The Morgan fingerprint density at radius 3 is 2.72 bits per heavy atom. The Hall–Kier alpha value is -1.42. The maximum absolute atomic E-state index is 12.0. The molecule has 0 aliphatic rings. The van der Waals surface area contributed by atoms with Crippen molar-refractivity contribution in [3.8, 4) is 0 Å². The summed E-state index contributed by atoms with van der Waals surface area (Å²) in [6.45, 7) is 4.80. The third-order valence-electron chi connectivity index (χ3n) is 2.85. The third-order valence-corrected chi connectivity index (χ3v) is 2.85. The first-order valence-corrected chi connectivity index (χ1v) is 6.41. The van der Waals surface area contributed by atoms with Crippen molar-refractivity contribution >= 4 is 5.91 Å². The molecule has 2 N–H and O–H groups in total. The Kier molecular flexibility index (Phi) is 5.78. The monoisotopic (exact) mass is 249 g/mol. The minimum atomic E-state index is -0.390. The molecule has 18 heavy (non-hydrogen) atoms. The van der Waals surface area contributed by atoms with E-state index in [-0.39, 0.29) is 5.91 Å². The molecule has 0 fully saturated rings. The van der Waals surface area contributed by atoms with Gasteiger partial charge < -0.3 is 10.6 Å². The second kappa shape index (κ2) is 7.11. The van der Waals surface area contributed by atoms with Gasteiger partial charge in [0.05, 0.1) is 6.04 Å². The maximum Gasteiger partial charge on any atom is 0.239 e. The van der Waals surface area contributed by atoms with Crippen molar-refractivity contribution in [1.29, 1.82) is 0 Å². The van der Waals surface area contributed by atoms with Crippen LogP contribution in [0.3, 0.4) is 0 Å². The van der Waals surface area contributed by atoms with Crippen LogP contribution in [-0.4, -0.2) is 35.4 Å². The summed E-state index contributed by atoms with van der Waals surface area (Å²) in [6.07, 6.45) is 3.26. The largest absolute Gasteiger partial charge is 0.344 e. The highest BCUT2D eigenvalue weighted by molar-refractivity contribution is 5.81. The number of hydrogen-bond acceptors (Lipinski definition) is 3. The number of rotatable bonds is 6. The van der Waals surface area contributed by atoms with E-state index in [1.807, 2.05) is 18.2 Å². The first kappa shape index (κ1) is 14.6. The fraction of sp³-hybridized carbons (Fsp3) is 0.571. The second-order valence-corrected chi connectivity index (χ2v) is 5.07. The molecular weight excluding hydrogens is 226 g/mol. The summed E-state index contributed by atoms with van der Waals surface area (Å²) in [5.74, 6) is 0.452. The topological polar surface area (TPSA) is 59.2 Å². The molecule has 0 saturated heterocycles. The van der Waals surface area contributed by atoms with E-state index < -0.39 is 6.04 Å². The molecule has 1 atom stereocenters. The lowest BCUT2D eigenvalue weighted by Crippen LogP contribution is -2.43. The Bertz CT molecular complexity index is 365. The Labute approximate surface area is 109 Å². The van der Waals surface area contributed by atoms with Gasteiger partial charge >= 0.3 is 0 Å². The molecule has 1 unspecified atom stereocenters. The second-order valence-electron chi connectivity index (χ2n) is 5.07. The Balaban J connectivity index is 2.40. The number of carbonyl (C=O) groups is 1.